The van der Waals surface area contributed by atoms with Gasteiger partial charge in [-0.1, -0.05) is 17.7 Å². The third-order valence-corrected chi connectivity index (χ3v) is 8.60. The molecule has 2 aliphatic rings. The molecule has 1 aliphatic carbocycles. The van der Waals surface area contributed by atoms with Crippen LogP contribution < -0.4 is 10.1 Å². The number of carbonyl (C=O) groups is 1. The summed E-state index contributed by atoms with van der Waals surface area (Å²) in [4.78, 5) is 14.2. The minimum Gasteiger partial charge on any atom is -0.495 e. The molecular formula is C24H27ClF3N3O4S. The minimum atomic E-state index is -4.63. The number of ether oxygens (including phenoxy) is 1. The van der Waals surface area contributed by atoms with E-state index in [1.807, 2.05) is 4.90 Å². The van der Waals surface area contributed by atoms with Crippen LogP contribution in [0.25, 0.3) is 0 Å². The topological polar surface area (TPSA) is 79.0 Å². The van der Waals surface area contributed by atoms with E-state index in [4.69, 9.17) is 16.3 Å². The molecule has 1 saturated heterocycles. The van der Waals surface area contributed by atoms with Crippen molar-refractivity contribution < 1.29 is 31.1 Å². The Hall–Kier alpha value is -2.34. The van der Waals surface area contributed by atoms with Crippen LogP contribution in [0.15, 0.2) is 47.4 Å². The number of nitrogens with zero attached hydrogens (tertiary/aromatic N) is 2. The lowest BCUT2D eigenvalue weighted by molar-refractivity contribution is -0.137. The highest BCUT2D eigenvalue weighted by Gasteiger charge is 2.44. The van der Waals surface area contributed by atoms with E-state index < -0.39 is 21.8 Å². The van der Waals surface area contributed by atoms with Crippen LogP contribution in [-0.4, -0.2) is 62.4 Å². The van der Waals surface area contributed by atoms with Gasteiger partial charge in [-0.05, 0) is 62.1 Å². The fraction of sp³-hybridized carbons (Fsp3) is 0.458. The number of alkyl halides is 3. The van der Waals surface area contributed by atoms with E-state index in [0.29, 0.717) is 61.3 Å². The standard InChI is InChI=1S/C24H27ClF3N3O4S/c1-35-22-8-5-17(25)14-21(22)29-23(32)15-30-11-9-19(10-12-30)31(18-6-7-18)36(33,34)20-4-2-3-16(13-20)24(26,27)28/h2-5,8,13-14,18-19H,6-7,9-12,15H2,1H3,(H,29,32). The normalized spacial score (nSPS) is 17.8. The van der Waals surface area contributed by atoms with E-state index in [-0.39, 0.29) is 29.4 Å². The predicted molar refractivity (Wildman–Crippen MR) is 130 cm³/mol. The maximum absolute atomic E-state index is 13.4. The SMILES string of the molecule is COc1ccc(Cl)cc1NC(=O)CN1CCC(N(C2CC2)S(=O)(=O)c2cccc(C(F)(F)F)c2)CC1. The summed E-state index contributed by atoms with van der Waals surface area (Å²) in [7, 11) is -2.62. The van der Waals surface area contributed by atoms with Gasteiger partial charge in [0.1, 0.15) is 5.75 Å². The quantitative estimate of drug-likeness (QED) is 0.523. The molecule has 1 amide bonds. The molecule has 12 heteroatoms. The van der Waals surface area contributed by atoms with E-state index >= 15 is 0 Å². The Labute approximate surface area is 213 Å². The fourth-order valence-corrected chi connectivity index (χ4v) is 6.63. The number of carbonyl (C=O) groups excluding carboxylic acids is 1. The zero-order valence-electron chi connectivity index (χ0n) is 19.6. The Morgan fingerprint density at radius 1 is 1.11 bits per heavy atom. The summed E-state index contributed by atoms with van der Waals surface area (Å²) in [6, 6.07) is 8.25. The third-order valence-electron chi connectivity index (χ3n) is 6.36. The molecule has 2 aromatic carbocycles. The van der Waals surface area contributed by atoms with Gasteiger partial charge < -0.3 is 10.1 Å². The number of hydrogen-bond acceptors (Lipinski definition) is 5. The Balaban J connectivity index is 1.41. The zero-order valence-corrected chi connectivity index (χ0v) is 21.2. The van der Waals surface area contributed by atoms with Crippen molar-refractivity contribution >= 4 is 33.2 Å². The molecule has 0 spiro atoms. The number of hydrogen-bond donors (Lipinski definition) is 1. The van der Waals surface area contributed by atoms with Crippen LogP contribution in [0, 0.1) is 0 Å². The van der Waals surface area contributed by atoms with Crippen LogP contribution in [0.3, 0.4) is 0 Å². The highest BCUT2D eigenvalue weighted by atomic mass is 35.5. The molecule has 1 N–H and O–H groups in total. The van der Waals surface area contributed by atoms with Gasteiger partial charge in [0, 0.05) is 30.2 Å². The van der Waals surface area contributed by atoms with Gasteiger partial charge in [-0.15, -0.1) is 0 Å². The largest absolute Gasteiger partial charge is 0.495 e. The molecule has 1 heterocycles. The molecule has 0 atom stereocenters. The summed E-state index contributed by atoms with van der Waals surface area (Å²) in [5.41, 5.74) is -0.534. The second kappa shape index (κ2) is 10.6. The van der Waals surface area contributed by atoms with Gasteiger partial charge in [0.05, 0.1) is 29.8 Å². The molecule has 7 nitrogen and oxygen atoms in total. The Morgan fingerprint density at radius 2 is 1.78 bits per heavy atom. The first-order chi connectivity index (χ1) is 17.0. The summed E-state index contributed by atoms with van der Waals surface area (Å²) in [6.45, 7) is 1.06. The monoisotopic (exact) mass is 545 g/mol. The number of piperidine rings is 1. The molecule has 0 aromatic heterocycles. The van der Waals surface area contributed by atoms with Gasteiger partial charge >= 0.3 is 6.18 Å². The predicted octanol–water partition coefficient (Wildman–Crippen LogP) is 4.62. The molecule has 1 saturated carbocycles. The number of likely N-dealkylation sites (tertiary alicyclic amines) is 1. The lowest BCUT2D eigenvalue weighted by Gasteiger charge is -2.37. The Bertz CT molecular complexity index is 1210. The highest BCUT2D eigenvalue weighted by molar-refractivity contribution is 7.89. The van der Waals surface area contributed by atoms with Gasteiger partial charge in [0.25, 0.3) is 0 Å². The molecule has 0 bridgehead atoms. The van der Waals surface area contributed by atoms with Crippen LogP contribution >= 0.6 is 11.6 Å². The van der Waals surface area contributed by atoms with Crippen LogP contribution in [0.5, 0.6) is 5.75 Å². The second-order valence-electron chi connectivity index (χ2n) is 8.99. The number of halogens is 4. The van der Waals surface area contributed by atoms with Gasteiger partial charge in [-0.25, -0.2) is 8.42 Å². The number of rotatable bonds is 8. The van der Waals surface area contributed by atoms with Crippen molar-refractivity contribution in [1.82, 2.24) is 9.21 Å². The van der Waals surface area contributed by atoms with Gasteiger partial charge in [-0.3, -0.25) is 9.69 Å². The fourth-order valence-electron chi connectivity index (χ4n) is 4.48. The van der Waals surface area contributed by atoms with E-state index in [9.17, 15) is 26.4 Å². The average molecular weight is 546 g/mol. The first-order valence-corrected chi connectivity index (χ1v) is 13.4. The molecular weight excluding hydrogens is 519 g/mol. The van der Waals surface area contributed by atoms with E-state index in [1.54, 1.807) is 18.2 Å². The van der Waals surface area contributed by atoms with Gasteiger partial charge in [-0.2, -0.15) is 17.5 Å². The summed E-state index contributed by atoms with van der Waals surface area (Å²) >= 11 is 6.01. The van der Waals surface area contributed by atoms with Crippen molar-refractivity contribution in [2.24, 2.45) is 0 Å². The number of anilines is 1. The molecule has 196 valence electrons. The zero-order chi connectivity index (χ0) is 26.1. The second-order valence-corrected chi connectivity index (χ2v) is 11.3. The minimum absolute atomic E-state index is 0.103. The number of amides is 1. The number of sulfonamides is 1. The summed E-state index contributed by atoms with van der Waals surface area (Å²) in [6.07, 6.45) is -2.31. The van der Waals surface area contributed by atoms with Crippen LogP contribution in [0.4, 0.5) is 18.9 Å². The van der Waals surface area contributed by atoms with Crippen LogP contribution in [0.2, 0.25) is 5.02 Å². The molecule has 2 fully saturated rings. The summed E-state index contributed by atoms with van der Waals surface area (Å²) in [5, 5.41) is 3.24. The van der Waals surface area contributed by atoms with Crippen LogP contribution in [-0.2, 0) is 21.0 Å². The first-order valence-electron chi connectivity index (χ1n) is 11.6. The Morgan fingerprint density at radius 3 is 2.39 bits per heavy atom. The van der Waals surface area contributed by atoms with Crippen molar-refractivity contribution in [3.05, 3.63) is 53.1 Å². The number of benzene rings is 2. The summed E-state index contributed by atoms with van der Waals surface area (Å²) < 4.78 is 73.0. The lowest BCUT2D eigenvalue weighted by Crippen LogP contribution is -2.49. The van der Waals surface area contributed by atoms with E-state index in [2.05, 4.69) is 5.32 Å². The molecule has 4 rings (SSSR count). The highest BCUT2D eigenvalue weighted by Crippen LogP contribution is 2.38. The third kappa shape index (κ3) is 6.13. The van der Waals surface area contributed by atoms with Crippen molar-refractivity contribution in [3.8, 4) is 5.75 Å². The van der Waals surface area contributed by atoms with Crippen LogP contribution in [0.1, 0.15) is 31.2 Å². The van der Waals surface area contributed by atoms with Crippen molar-refractivity contribution in [1.29, 1.82) is 0 Å². The summed E-state index contributed by atoms with van der Waals surface area (Å²) in [5.74, 6) is 0.219. The smallest absolute Gasteiger partial charge is 0.416 e. The van der Waals surface area contributed by atoms with E-state index in [0.717, 1.165) is 12.1 Å². The average Bonchev–Trinajstić information content (AvgIpc) is 3.65. The molecule has 36 heavy (non-hydrogen) atoms. The van der Waals surface area contributed by atoms with E-state index in [1.165, 1.54) is 17.5 Å². The molecule has 0 unspecified atom stereocenters. The van der Waals surface area contributed by atoms with Crippen molar-refractivity contribution in [2.75, 3.05) is 32.1 Å². The molecule has 2 aromatic rings. The Kier molecular flexibility index (Phi) is 7.84. The number of methoxy groups -OCH3 is 1. The number of nitrogens with one attached hydrogen (secondary N) is 1. The molecule has 0 radical (unpaired) electrons. The van der Waals surface area contributed by atoms with Gasteiger partial charge in [0.15, 0.2) is 0 Å². The van der Waals surface area contributed by atoms with Crippen molar-refractivity contribution in [3.63, 3.8) is 0 Å². The maximum Gasteiger partial charge on any atom is 0.416 e. The first kappa shape index (κ1) is 26.7. The lowest BCUT2D eigenvalue weighted by atomic mass is 10.0. The molecule has 1 aliphatic heterocycles. The van der Waals surface area contributed by atoms with Crippen molar-refractivity contribution in [2.45, 2.75) is 48.8 Å². The van der Waals surface area contributed by atoms with Gasteiger partial charge in [0.2, 0.25) is 15.9 Å². The maximum atomic E-state index is 13.4.